The molecule has 0 saturated carbocycles. The first-order valence-electron chi connectivity index (χ1n) is 24.8. The van der Waals surface area contributed by atoms with Crippen LogP contribution in [0.25, 0.3) is 55.6 Å². The number of benzene rings is 10. The molecule has 10 aromatic carbocycles. The lowest BCUT2D eigenvalue weighted by atomic mass is 9.67. The van der Waals surface area contributed by atoms with Crippen LogP contribution < -0.4 is 4.90 Å². The SMILES string of the molecule is [2H]c1c([2H])c(N(c2ccc3c(c2)C(c2ccccc2)(c2ccccc2)c2ccccc2-3)c2c([2H])c([2H])c(-c3ccc(-c4ccccc4)c(-c4ccccc4)c3)c([2H])c2[2H])c([2H])c([2H])c1-c1ccccc1. The second-order valence-corrected chi connectivity index (χ2v) is 15.4. The van der Waals surface area contributed by atoms with Gasteiger partial charge in [-0.15, -0.1) is 0 Å². The summed E-state index contributed by atoms with van der Waals surface area (Å²) < 4.78 is 77.8. The van der Waals surface area contributed by atoms with Gasteiger partial charge in [0, 0.05) is 17.1 Å². The van der Waals surface area contributed by atoms with Crippen LogP contribution in [0.4, 0.5) is 17.1 Å². The summed E-state index contributed by atoms with van der Waals surface area (Å²) in [7, 11) is 0. The van der Waals surface area contributed by atoms with E-state index in [1.807, 2.05) is 152 Å². The van der Waals surface area contributed by atoms with Crippen LogP contribution in [-0.2, 0) is 5.41 Å². The minimum absolute atomic E-state index is 0.0889. The molecular weight excluding hydrogens is 747 g/mol. The molecule has 0 aliphatic heterocycles. The third-order valence-electron chi connectivity index (χ3n) is 11.9. The molecule has 0 heterocycles. The molecule has 10 aromatic rings. The van der Waals surface area contributed by atoms with Crippen LogP contribution >= 0.6 is 0 Å². The van der Waals surface area contributed by atoms with Crippen LogP contribution in [0.15, 0.2) is 261 Å². The summed E-state index contributed by atoms with van der Waals surface area (Å²) in [6.45, 7) is 0. The predicted molar refractivity (Wildman–Crippen MR) is 260 cm³/mol. The van der Waals surface area contributed by atoms with Crippen LogP contribution in [0.1, 0.15) is 33.2 Å². The van der Waals surface area contributed by atoms with Gasteiger partial charge in [0.05, 0.1) is 16.4 Å². The lowest BCUT2D eigenvalue weighted by Crippen LogP contribution is -2.28. The molecule has 62 heavy (non-hydrogen) atoms. The zero-order chi connectivity index (χ0) is 48.3. The molecule has 0 bridgehead atoms. The van der Waals surface area contributed by atoms with Crippen molar-refractivity contribution in [3.63, 3.8) is 0 Å². The largest absolute Gasteiger partial charge is 0.310 e. The monoisotopic (exact) mass is 797 g/mol. The third kappa shape index (κ3) is 6.43. The maximum absolute atomic E-state index is 9.93. The highest BCUT2D eigenvalue weighted by molar-refractivity contribution is 5.91. The van der Waals surface area contributed by atoms with Crippen LogP contribution in [0.5, 0.6) is 0 Å². The molecule has 0 radical (unpaired) electrons. The summed E-state index contributed by atoms with van der Waals surface area (Å²) in [4.78, 5) is 1.41. The van der Waals surface area contributed by atoms with E-state index in [9.17, 15) is 11.0 Å². The van der Waals surface area contributed by atoms with Crippen molar-refractivity contribution in [2.45, 2.75) is 5.41 Å². The molecule has 0 unspecified atom stereocenters. The summed E-state index contributed by atoms with van der Waals surface area (Å²) >= 11 is 0. The van der Waals surface area contributed by atoms with E-state index in [-0.39, 0.29) is 46.7 Å². The molecule has 0 aromatic heterocycles. The van der Waals surface area contributed by atoms with Crippen LogP contribution in [0.2, 0.25) is 0 Å². The Hall–Kier alpha value is -8.00. The number of anilines is 3. The molecule has 0 atom stereocenters. The molecule has 0 fully saturated rings. The molecule has 0 amide bonds. The molecule has 1 aliphatic carbocycles. The average Bonchev–Trinajstić information content (AvgIpc) is 3.71. The van der Waals surface area contributed by atoms with Crippen molar-refractivity contribution in [3.8, 4) is 55.6 Å². The summed E-state index contributed by atoms with van der Waals surface area (Å²) in [5.41, 5.74) is 9.79. The number of hydrogen-bond donors (Lipinski definition) is 0. The fourth-order valence-corrected chi connectivity index (χ4v) is 9.10. The molecule has 1 nitrogen and oxygen atoms in total. The van der Waals surface area contributed by atoms with Crippen molar-refractivity contribution in [2.24, 2.45) is 0 Å². The van der Waals surface area contributed by atoms with Crippen molar-refractivity contribution >= 4 is 17.1 Å². The van der Waals surface area contributed by atoms with Gasteiger partial charge in [0.15, 0.2) is 0 Å². The maximum Gasteiger partial charge on any atom is 0.0714 e. The molecule has 0 spiro atoms. The Balaban J connectivity index is 1.19. The number of fused-ring (bicyclic) bond motifs is 3. The Morgan fingerprint density at radius 1 is 0.274 bits per heavy atom. The van der Waals surface area contributed by atoms with Crippen LogP contribution in [0.3, 0.4) is 0 Å². The first kappa shape index (κ1) is 29.3. The highest BCUT2D eigenvalue weighted by Gasteiger charge is 2.46. The van der Waals surface area contributed by atoms with Gasteiger partial charge in [0.25, 0.3) is 0 Å². The molecule has 1 aliphatic rings. The minimum Gasteiger partial charge on any atom is -0.310 e. The van der Waals surface area contributed by atoms with E-state index in [1.54, 1.807) is 24.3 Å². The zero-order valence-corrected chi connectivity index (χ0v) is 33.7. The second-order valence-electron chi connectivity index (χ2n) is 15.4. The Kier molecular flexibility index (Phi) is 7.49. The fraction of sp³-hybridized carbons (Fsp3) is 0.0164. The van der Waals surface area contributed by atoms with Gasteiger partial charge in [0.2, 0.25) is 0 Å². The van der Waals surface area contributed by atoms with Gasteiger partial charge in [0.1, 0.15) is 0 Å². The fourth-order valence-electron chi connectivity index (χ4n) is 9.10. The van der Waals surface area contributed by atoms with Crippen molar-refractivity contribution in [1.29, 1.82) is 0 Å². The third-order valence-corrected chi connectivity index (χ3v) is 11.9. The molecule has 1 heteroatoms. The standard InChI is InChI=1S/C61H43N/c1-6-18-44(19-7-1)45-30-35-52(36-31-45)62(53-37-32-46(33-38-53)49-34-40-55(47-20-8-2-9-21-47)58(42-49)48-22-10-3-11-23-48)54-39-41-57-56-28-16-17-29-59(56)61(60(57)43-54,50-24-12-4-13-25-50)51-26-14-5-15-27-51/h1-43H/i30D,31D,32D,33D,35D,36D,37D,38D. The second kappa shape index (κ2) is 15.9. The summed E-state index contributed by atoms with van der Waals surface area (Å²) in [6.07, 6.45) is 0. The number of nitrogens with zero attached hydrogens (tertiary/aromatic N) is 1. The van der Waals surface area contributed by atoms with E-state index in [0.29, 0.717) is 16.8 Å². The normalized spacial score (nSPS) is 14.1. The molecular formula is C61H43N. The first-order chi connectivity index (χ1) is 34.1. The van der Waals surface area contributed by atoms with Crippen molar-refractivity contribution < 1.29 is 11.0 Å². The summed E-state index contributed by atoms with van der Waals surface area (Å²) in [5.74, 6) is 0. The van der Waals surface area contributed by atoms with Crippen LogP contribution in [0, 0.1) is 0 Å². The van der Waals surface area contributed by atoms with Gasteiger partial charge < -0.3 is 4.90 Å². The topological polar surface area (TPSA) is 3.24 Å². The lowest BCUT2D eigenvalue weighted by Gasteiger charge is -2.35. The predicted octanol–water partition coefficient (Wildman–Crippen LogP) is 16.2. The lowest BCUT2D eigenvalue weighted by molar-refractivity contribution is 0.768. The average molecular weight is 798 g/mol. The number of rotatable bonds is 9. The van der Waals surface area contributed by atoms with Gasteiger partial charge in [-0.3, -0.25) is 0 Å². The summed E-state index contributed by atoms with van der Waals surface area (Å²) in [5, 5.41) is 0. The molecule has 292 valence electrons. The van der Waals surface area contributed by atoms with Gasteiger partial charge in [-0.2, -0.15) is 0 Å². The summed E-state index contributed by atoms with van der Waals surface area (Å²) in [6, 6.07) is 65.9. The number of hydrogen-bond acceptors (Lipinski definition) is 1. The van der Waals surface area contributed by atoms with E-state index in [4.69, 9.17) is 0 Å². The van der Waals surface area contributed by atoms with E-state index in [1.165, 1.54) is 4.90 Å². The van der Waals surface area contributed by atoms with Crippen molar-refractivity contribution in [3.05, 3.63) is 283 Å². The molecule has 0 N–H and O–H groups in total. The maximum atomic E-state index is 9.93. The highest BCUT2D eigenvalue weighted by atomic mass is 15.1. The first-order valence-corrected chi connectivity index (χ1v) is 20.8. The van der Waals surface area contributed by atoms with E-state index >= 15 is 0 Å². The van der Waals surface area contributed by atoms with Crippen molar-refractivity contribution in [1.82, 2.24) is 0 Å². The smallest absolute Gasteiger partial charge is 0.0714 e. The molecule has 0 saturated heterocycles. The minimum atomic E-state index is -0.872. The zero-order valence-electron chi connectivity index (χ0n) is 41.7. The Morgan fingerprint density at radius 2 is 0.710 bits per heavy atom. The van der Waals surface area contributed by atoms with E-state index in [0.717, 1.165) is 55.6 Å². The Labute approximate surface area is 375 Å². The quantitative estimate of drug-likeness (QED) is 0.141. The van der Waals surface area contributed by atoms with Gasteiger partial charge in [-0.1, -0.05) is 218 Å². The van der Waals surface area contributed by atoms with E-state index < -0.39 is 29.6 Å². The van der Waals surface area contributed by atoms with Crippen LogP contribution in [-0.4, -0.2) is 0 Å². The van der Waals surface area contributed by atoms with E-state index in [2.05, 4.69) is 36.4 Å². The highest BCUT2D eigenvalue weighted by Crippen LogP contribution is 2.57. The van der Waals surface area contributed by atoms with Gasteiger partial charge >= 0.3 is 0 Å². The molecule has 11 rings (SSSR count). The van der Waals surface area contributed by atoms with Gasteiger partial charge in [-0.25, -0.2) is 0 Å². The Bertz CT molecular complexity index is 3530. The van der Waals surface area contributed by atoms with Gasteiger partial charge in [-0.05, 0) is 120 Å². The van der Waals surface area contributed by atoms with Crippen molar-refractivity contribution in [2.75, 3.05) is 4.90 Å². The Morgan fingerprint density at radius 3 is 1.27 bits per heavy atom.